The molecule has 9 nitrogen and oxygen atoms in total. The Hall–Kier alpha value is -4.09. The number of nitrogens with one attached hydrogen (secondary N) is 1. The first kappa shape index (κ1) is 26.2. The van der Waals surface area contributed by atoms with Gasteiger partial charge in [-0.25, -0.2) is 17.4 Å². The first-order chi connectivity index (χ1) is 19.4. The van der Waals surface area contributed by atoms with Crippen LogP contribution in [0.2, 0.25) is 0 Å². The number of anilines is 1. The zero-order valence-electron chi connectivity index (χ0n) is 22.3. The molecule has 3 aromatic heterocycles. The number of hydrogen-bond acceptors (Lipinski definition) is 7. The molecule has 1 atom stereocenters. The summed E-state index contributed by atoms with van der Waals surface area (Å²) in [4.78, 5) is 7.38. The Kier molecular flexibility index (Phi) is 7.08. The van der Waals surface area contributed by atoms with Gasteiger partial charge in [-0.2, -0.15) is 9.61 Å². The van der Waals surface area contributed by atoms with Crippen LogP contribution in [0.4, 0.5) is 5.82 Å². The molecule has 2 aromatic carbocycles. The lowest BCUT2D eigenvalue weighted by Crippen LogP contribution is -2.38. The summed E-state index contributed by atoms with van der Waals surface area (Å²) in [7, 11) is -1.67. The number of phenolic OH excluding ortho intramolecular Hbond substituents is 1. The van der Waals surface area contributed by atoms with E-state index >= 15 is 0 Å². The molecule has 6 rings (SSSR count). The number of para-hydroxylation sites is 1. The lowest BCUT2D eigenvalue weighted by Gasteiger charge is -2.33. The standard InChI is InChI=1S/C29H31BN6O3S/c30-25-18-32-36-28(16-26(33-29(25)36)24-12-4-5-13-27(24)37)31-17-21-8-6-14-34(19-21)20-22-9-7-15-35(22)40(38,39)23-10-2-1-3-11-23/h1-5,7,9-13,15-16,18,21,31,37H,6,8,14,17,19-20,30H2. The number of piperidine rings is 1. The van der Waals surface area contributed by atoms with Crippen LogP contribution < -0.4 is 10.8 Å². The van der Waals surface area contributed by atoms with Crippen molar-refractivity contribution in [2.75, 3.05) is 25.0 Å². The maximum atomic E-state index is 13.2. The molecule has 0 spiro atoms. The average molecular weight is 554 g/mol. The van der Waals surface area contributed by atoms with Gasteiger partial charge in [-0.3, -0.25) is 4.90 Å². The Balaban J connectivity index is 1.18. The van der Waals surface area contributed by atoms with E-state index < -0.39 is 10.0 Å². The molecular formula is C29H31BN6O3S. The highest BCUT2D eigenvalue weighted by molar-refractivity contribution is 7.90. The lowest BCUT2D eigenvalue weighted by atomic mass is 9.98. The number of likely N-dealkylation sites (tertiary alicyclic amines) is 1. The maximum absolute atomic E-state index is 13.2. The molecule has 40 heavy (non-hydrogen) atoms. The van der Waals surface area contributed by atoms with Gasteiger partial charge in [-0.05, 0) is 67.2 Å². The van der Waals surface area contributed by atoms with Crippen molar-refractivity contribution in [2.45, 2.75) is 24.3 Å². The number of aromatic hydroxyl groups is 1. The number of nitrogens with zero attached hydrogens (tertiary/aromatic N) is 5. The van der Waals surface area contributed by atoms with E-state index in [0.29, 0.717) is 23.7 Å². The van der Waals surface area contributed by atoms with Gasteiger partial charge in [-0.15, -0.1) is 0 Å². The van der Waals surface area contributed by atoms with Crippen LogP contribution in [0.3, 0.4) is 0 Å². The SMILES string of the molecule is Bc1cnn2c(NCC3CCCN(Cc4cccn4S(=O)(=O)c4ccccc4)C3)cc(-c3ccccc3O)nc12. The summed E-state index contributed by atoms with van der Waals surface area (Å²) in [5.41, 5.74) is 3.81. The van der Waals surface area contributed by atoms with E-state index in [0.717, 1.165) is 55.1 Å². The van der Waals surface area contributed by atoms with Crippen LogP contribution in [0.25, 0.3) is 16.9 Å². The highest BCUT2D eigenvalue weighted by atomic mass is 32.2. The molecule has 1 saturated heterocycles. The Morgan fingerprint density at radius 2 is 1.85 bits per heavy atom. The van der Waals surface area contributed by atoms with Gasteiger partial charge in [0, 0.05) is 49.4 Å². The molecule has 0 bridgehead atoms. The third-order valence-electron chi connectivity index (χ3n) is 7.48. The quantitative estimate of drug-likeness (QED) is 0.284. The van der Waals surface area contributed by atoms with Crippen molar-refractivity contribution in [2.24, 2.45) is 5.92 Å². The second kappa shape index (κ2) is 10.8. The minimum absolute atomic E-state index is 0.185. The van der Waals surface area contributed by atoms with Crippen molar-refractivity contribution in [1.82, 2.24) is 23.5 Å². The fraction of sp³-hybridized carbons (Fsp3) is 0.241. The molecule has 0 aliphatic carbocycles. The van der Waals surface area contributed by atoms with E-state index in [9.17, 15) is 13.5 Å². The lowest BCUT2D eigenvalue weighted by molar-refractivity contribution is 0.171. The number of benzene rings is 2. The van der Waals surface area contributed by atoms with Gasteiger partial charge in [0.15, 0.2) is 5.65 Å². The predicted octanol–water partition coefficient (Wildman–Crippen LogP) is 2.72. The van der Waals surface area contributed by atoms with Crippen molar-refractivity contribution < 1.29 is 13.5 Å². The summed E-state index contributed by atoms with van der Waals surface area (Å²) in [6.07, 6.45) is 5.53. The molecular weight excluding hydrogens is 523 g/mol. The van der Waals surface area contributed by atoms with Crippen LogP contribution in [0, 0.1) is 5.92 Å². The van der Waals surface area contributed by atoms with E-state index in [2.05, 4.69) is 15.3 Å². The monoisotopic (exact) mass is 554 g/mol. The van der Waals surface area contributed by atoms with Gasteiger partial charge in [-0.1, -0.05) is 30.3 Å². The van der Waals surface area contributed by atoms with E-state index in [1.165, 1.54) is 3.97 Å². The molecule has 1 aliphatic heterocycles. The molecule has 2 N–H and O–H groups in total. The van der Waals surface area contributed by atoms with Crippen molar-refractivity contribution in [3.05, 3.63) is 90.9 Å². The van der Waals surface area contributed by atoms with E-state index in [-0.39, 0.29) is 10.6 Å². The Bertz CT molecular complexity index is 1750. The highest BCUT2D eigenvalue weighted by Crippen LogP contribution is 2.29. The molecule has 1 fully saturated rings. The molecule has 11 heteroatoms. The van der Waals surface area contributed by atoms with E-state index in [4.69, 9.17) is 4.98 Å². The molecule has 4 heterocycles. The van der Waals surface area contributed by atoms with Gasteiger partial charge in [0.25, 0.3) is 10.0 Å². The second-order valence-electron chi connectivity index (χ2n) is 10.3. The van der Waals surface area contributed by atoms with E-state index in [1.807, 2.05) is 38.2 Å². The largest absolute Gasteiger partial charge is 0.507 e. The van der Waals surface area contributed by atoms with Gasteiger partial charge in [0.05, 0.1) is 10.6 Å². The number of hydrogen-bond donors (Lipinski definition) is 2. The highest BCUT2D eigenvalue weighted by Gasteiger charge is 2.24. The van der Waals surface area contributed by atoms with Crippen LogP contribution in [0.5, 0.6) is 5.75 Å². The Morgan fingerprint density at radius 1 is 1.05 bits per heavy atom. The fourth-order valence-corrected chi connectivity index (χ4v) is 6.82. The second-order valence-corrected chi connectivity index (χ2v) is 12.2. The van der Waals surface area contributed by atoms with Crippen LogP contribution >= 0.6 is 0 Å². The number of rotatable bonds is 8. The summed E-state index contributed by atoms with van der Waals surface area (Å²) in [5.74, 6) is 1.37. The maximum Gasteiger partial charge on any atom is 0.267 e. The summed E-state index contributed by atoms with van der Waals surface area (Å²) >= 11 is 0. The molecule has 0 radical (unpaired) electrons. The third kappa shape index (κ3) is 5.10. The fourth-order valence-electron chi connectivity index (χ4n) is 5.43. The van der Waals surface area contributed by atoms with Gasteiger partial charge in [0.2, 0.25) is 0 Å². The average Bonchev–Trinajstić information content (AvgIpc) is 3.60. The third-order valence-corrected chi connectivity index (χ3v) is 9.22. The minimum Gasteiger partial charge on any atom is -0.507 e. The van der Waals surface area contributed by atoms with Crippen LogP contribution in [0.15, 0.2) is 90.1 Å². The van der Waals surface area contributed by atoms with Gasteiger partial charge < -0.3 is 10.4 Å². The molecule has 1 aliphatic rings. The van der Waals surface area contributed by atoms with Crippen molar-refractivity contribution >= 4 is 34.8 Å². The van der Waals surface area contributed by atoms with Crippen molar-refractivity contribution in [3.8, 4) is 17.0 Å². The van der Waals surface area contributed by atoms with Crippen LogP contribution in [-0.2, 0) is 16.6 Å². The van der Waals surface area contributed by atoms with Crippen molar-refractivity contribution in [3.63, 3.8) is 0 Å². The number of aromatic nitrogens is 4. The topological polar surface area (TPSA) is 105 Å². The summed E-state index contributed by atoms with van der Waals surface area (Å²) < 4.78 is 29.7. The van der Waals surface area contributed by atoms with E-state index in [1.54, 1.807) is 59.4 Å². The summed E-state index contributed by atoms with van der Waals surface area (Å²) in [6.45, 7) is 3.06. The first-order valence-electron chi connectivity index (χ1n) is 13.5. The smallest absolute Gasteiger partial charge is 0.267 e. The zero-order chi connectivity index (χ0) is 27.7. The van der Waals surface area contributed by atoms with Gasteiger partial charge >= 0.3 is 0 Å². The first-order valence-corrected chi connectivity index (χ1v) is 14.9. The molecule has 0 amide bonds. The summed E-state index contributed by atoms with van der Waals surface area (Å²) in [5, 5.41) is 18.5. The van der Waals surface area contributed by atoms with Crippen LogP contribution in [-0.4, -0.2) is 64.5 Å². The van der Waals surface area contributed by atoms with Crippen LogP contribution in [0.1, 0.15) is 18.5 Å². The molecule has 204 valence electrons. The molecule has 1 unspecified atom stereocenters. The zero-order valence-corrected chi connectivity index (χ0v) is 23.1. The van der Waals surface area contributed by atoms with Crippen molar-refractivity contribution in [1.29, 1.82) is 0 Å². The Morgan fingerprint density at radius 3 is 2.67 bits per heavy atom. The normalized spacial score (nSPS) is 16.4. The summed E-state index contributed by atoms with van der Waals surface area (Å²) in [6, 6.07) is 21.4. The number of fused-ring (bicyclic) bond motifs is 1. The Labute approximate surface area is 234 Å². The molecule has 0 saturated carbocycles. The minimum atomic E-state index is -3.64. The van der Waals surface area contributed by atoms with Gasteiger partial charge in [0.1, 0.15) is 19.4 Å². The predicted molar refractivity (Wildman–Crippen MR) is 158 cm³/mol. The number of phenols is 1. The molecule has 5 aromatic rings.